The number of amides is 1. The van der Waals surface area contributed by atoms with Crippen molar-refractivity contribution < 1.29 is 46.1 Å². The fourth-order valence-electron chi connectivity index (χ4n) is 4.75. The van der Waals surface area contributed by atoms with Gasteiger partial charge in [-0.15, -0.1) is 0 Å². The van der Waals surface area contributed by atoms with Gasteiger partial charge in [-0.05, 0) is 61.7 Å². The molecule has 1 aliphatic rings. The summed E-state index contributed by atoms with van der Waals surface area (Å²) in [6.45, 7) is 3.70. The minimum Gasteiger partial charge on any atom is -0.508 e. The summed E-state index contributed by atoms with van der Waals surface area (Å²) in [5.74, 6) is -0.672. The molecule has 0 unspecified atom stereocenters. The number of aromatic hydroxyl groups is 2. The number of phenolic OH excluding ortho intramolecular Hbond substituents is 1. The first kappa shape index (κ1) is 29.7. The van der Waals surface area contributed by atoms with Crippen molar-refractivity contribution >= 4 is 17.7 Å². The highest BCUT2D eigenvalue weighted by molar-refractivity contribution is 5.90. The van der Waals surface area contributed by atoms with Gasteiger partial charge < -0.3 is 20.3 Å². The van der Waals surface area contributed by atoms with Crippen LogP contribution in [0.5, 0.6) is 11.5 Å². The van der Waals surface area contributed by atoms with E-state index < -0.39 is 47.8 Å². The molecule has 3 N–H and O–H groups in total. The Morgan fingerprint density at radius 2 is 1.71 bits per heavy atom. The van der Waals surface area contributed by atoms with Crippen LogP contribution in [0.4, 0.5) is 42.8 Å². The van der Waals surface area contributed by atoms with Gasteiger partial charge in [0.1, 0.15) is 5.75 Å². The summed E-state index contributed by atoms with van der Waals surface area (Å²) in [5, 5.41) is 23.5. The second kappa shape index (κ2) is 11.3. The van der Waals surface area contributed by atoms with Gasteiger partial charge in [0.05, 0.1) is 41.4 Å². The van der Waals surface area contributed by atoms with E-state index in [9.17, 15) is 41.4 Å². The molecule has 2 heterocycles. The first-order valence-electron chi connectivity index (χ1n) is 12.6. The summed E-state index contributed by atoms with van der Waals surface area (Å²) in [5.41, 5.74) is -2.55. The lowest BCUT2D eigenvalue weighted by molar-refractivity contribution is -0.143. The number of carbonyl (C=O) groups is 1. The molecule has 8 nitrogen and oxygen atoms in total. The Morgan fingerprint density at radius 1 is 1.05 bits per heavy atom. The number of hydrogen-bond acceptors (Lipinski definition) is 7. The maximum atomic E-state index is 13.3. The third-order valence-corrected chi connectivity index (χ3v) is 6.62. The Balaban J connectivity index is 1.68. The molecular weight excluding hydrogens is 558 g/mol. The Bertz CT molecular complexity index is 1400. The summed E-state index contributed by atoms with van der Waals surface area (Å²) in [6, 6.07) is 4.71. The normalized spacial score (nSPS) is 17.2. The Kier molecular flexibility index (Phi) is 8.22. The van der Waals surface area contributed by atoms with Crippen LogP contribution in [0.15, 0.2) is 42.6 Å². The number of benzene rings is 2. The Hall–Kier alpha value is -4.23. The highest BCUT2D eigenvalue weighted by Crippen LogP contribution is 2.42. The average Bonchev–Trinajstić information content (AvgIpc) is 2.89. The van der Waals surface area contributed by atoms with Crippen molar-refractivity contribution in [3.05, 3.63) is 70.5 Å². The van der Waals surface area contributed by atoms with E-state index in [0.29, 0.717) is 36.2 Å². The molecule has 0 bridgehead atoms. The topological polar surface area (TPSA) is 108 Å². The number of aromatic nitrogens is 2. The minimum atomic E-state index is -5.02. The van der Waals surface area contributed by atoms with Gasteiger partial charge in [-0.2, -0.15) is 26.3 Å². The molecule has 3 aromatic rings. The molecule has 1 aliphatic heterocycles. The number of ether oxygens (including phenoxy) is 1. The fourth-order valence-corrected chi connectivity index (χ4v) is 4.75. The largest absolute Gasteiger partial charge is 0.508 e. The van der Waals surface area contributed by atoms with Gasteiger partial charge >= 0.3 is 18.4 Å². The standard InChI is InChI=1S/C27H26F6N4O4/c1-3-17-11-20(19-12-18(38)5-6-22(19)37(17)25(40)41-4-2)35-24-34-13-23(39)21(36-24)9-14-7-15(26(28,29)30)10-16(8-14)27(31,32)33/h5-8,10,12-13,17,20,38-39H,3-4,9,11H2,1-2H3,(H,34,35,36)/t17-,20+/m1/s1. The van der Waals surface area contributed by atoms with Gasteiger partial charge in [0.15, 0.2) is 5.75 Å². The quantitative estimate of drug-likeness (QED) is 0.273. The summed E-state index contributed by atoms with van der Waals surface area (Å²) in [7, 11) is 0. The second-order valence-electron chi connectivity index (χ2n) is 9.42. The van der Waals surface area contributed by atoms with Crippen molar-refractivity contribution in [3.8, 4) is 11.5 Å². The average molecular weight is 585 g/mol. The molecule has 2 aromatic carbocycles. The second-order valence-corrected chi connectivity index (χ2v) is 9.42. The van der Waals surface area contributed by atoms with E-state index in [1.807, 2.05) is 6.92 Å². The highest BCUT2D eigenvalue weighted by atomic mass is 19.4. The predicted octanol–water partition coefficient (Wildman–Crippen LogP) is 6.81. The SMILES string of the molecule is CCOC(=O)N1c2ccc(O)cc2[C@@H](Nc2ncc(O)c(Cc3cc(C(F)(F)F)cc(C(F)(F)F)c3)n2)C[C@H]1CC. The lowest BCUT2D eigenvalue weighted by Crippen LogP contribution is -2.46. The van der Waals surface area contributed by atoms with E-state index in [4.69, 9.17) is 4.74 Å². The smallest absolute Gasteiger partial charge is 0.416 e. The monoisotopic (exact) mass is 584 g/mol. The maximum Gasteiger partial charge on any atom is 0.416 e. The molecule has 0 saturated carbocycles. The van der Waals surface area contributed by atoms with Gasteiger partial charge in [0, 0.05) is 18.0 Å². The lowest BCUT2D eigenvalue weighted by Gasteiger charge is -2.40. The van der Waals surface area contributed by atoms with Crippen LogP contribution >= 0.6 is 0 Å². The van der Waals surface area contributed by atoms with E-state index in [0.717, 1.165) is 6.20 Å². The van der Waals surface area contributed by atoms with Crippen LogP contribution in [0.3, 0.4) is 0 Å². The van der Waals surface area contributed by atoms with Crippen LogP contribution in [-0.4, -0.2) is 38.9 Å². The van der Waals surface area contributed by atoms with Crippen LogP contribution in [0.2, 0.25) is 0 Å². The summed E-state index contributed by atoms with van der Waals surface area (Å²) >= 11 is 0. The Morgan fingerprint density at radius 3 is 2.29 bits per heavy atom. The van der Waals surface area contributed by atoms with Crippen molar-refractivity contribution in [1.82, 2.24) is 9.97 Å². The molecule has 0 saturated heterocycles. The third-order valence-electron chi connectivity index (χ3n) is 6.62. The fraction of sp³-hybridized carbons (Fsp3) is 0.370. The van der Waals surface area contributed by atoms with Gasteiger partial charge in [-0.1, -0.05) is 6.92 Å². The van der Waals surface area contributed by atoms with Crippen molar-refractivity contribution in [3.63, 3.8) is 0 Å². The van der Waals surface area contributed by atoms with E-state index in [1.165, 1.54) is 17.0 Å². The lowest BCUT2D eigenvalue weighted by atomic mass is 9.90. The van der Waals surface area contributed by atoms with Crippen LogP contribution in [0.25, 0.3) is 0 Å². The number of carbonyl (C=O) groups excluding carboxylic acids is 1. The first-order chi connectivity index (χ1) is 19.2. The predicted molar refractivity (Wildman–Crippen MR) is 136 cm³/mol. The van der Waals surface area contributed by atoms with E-state index >= 15 is 0 Å². The highest BCUT2D eigenvalue weighted by Gasteiger charge is 2.38. The minimum absolute atomic E-state index is 0.0238. The molecule has 0 fully saturated rings. The Labute approximate surface area is 230 Å². The molecular formula is C27H26F6N4O4. The number of nitrogens with one attached hydrogen (secondary N) is 1. The van der Waals surface area contributed by atoms with Gasteiger partial charge in [-0.3, -0.25) is 4.90 Å². The van der Waals surface area contributed by atoms with E-state index in [-0.39, 0.29) is 41.7 Å². The van der Waals surface area contributed by atoms with Crippen molar-refractivity contribution in [2.45, 2.75) is 57.5 Å². The first-order valence-corrected chi connectivity index (χ1v) is 12.6. The van der Waals surface area contributed by atoms with Gasteiger partial charge in [0.25, 0.3) is 0 Å². The van der Waals surface area contributed by atoms with Crippen LogP contribution in [-0.2, 0) is 23.5 Å². The maximum absolute atomic E-state index is 13.3. The van der Waals surface area contributed by atoms with Gasteiger partial charge in [0.2, 0.25) is 5.95 Å². The number of hydrogen-bond donors (Lipinski definition) is 3. The number of nitrogens with zero attached hydrogens (tertiary/aromatic N) is 3. The van der Waals surface area contributed by atoms with Crippen LogP contribution in [0, 0.1) is 0 Å². The molecule has 220 valence electrons. The molecule has 2 atom stereocenters. The zero-order chi connectivity index (χ0) is 30.1. The number of alkyl halides is 6. The number of phenols is 1. The van der Waals surface area contributed by atoms with Crippen molar-refractivity contribution in [1.29, 1.82) is 0 Å². The summed E-state index contributed by atoms with van der Waals surface area (Å²) in [4.78, 5) is 22.4. The number of anilines is 2. The number of halogens is 6. The zero-order valence-corrected chi connectivity index (χ0v) is 21.8. The van der Waals surface area contributed by atoms with E-state index in [1.54, 1.807) is 13.0 Å². The molecule has 1 aromatic heterocycles. The van der Waals surface area contributed by atoms with Gasteiger partial charge in [-0.25, -0.2) is 14.8 Å². The van der Waals surface area contributed by atoms with E-state index in [2.05, 4.69) is 15.3 Å². The van der Waals surface area contributed by atoms with Crippen LogP contribution in [0.1, 0.15) is 60.7 Å². The zero-order valence-electron chi connectivity index (χ0n) is 21.8. The molecule has 4 rings (SSSR count). The van der Waals surface area contributed by atoms with Crippen LogP contribution < -0.4 is 10.2 Å². The molecule has 0 radical (unpaired) electrons. The molecule has 0 aliphatic carbocycles. The molecule has 41 heavy (non-hydrogen) atoms. The molecule has 14 heteroatoms. The van der Waals surface area contributed by atoms with Crippen molar-refractivity contribution in [2.75, 3.05) is 16.8 Å². The summed E-state index contributed by atoms with van der Waals surface area (Å²) < 4.78 is 85.1. The molecule has 0 spiro atoms. The third kappa shape index (κ3) is 6.57. The van der Waals surface area contributed by atoms with Crippen molar-refractivity contribution in [2.24, 2.45) is 0 Å². The number of fused-ring (bicyclic) bond motifs is 1. The number of rotatable bonds is 6. The summed E-state index contributed by atoms with van der Waals surface area (Å²) in [6.07, 6.45) is -9.31. The molecule has 1 amide bonds.